The third kappa shape index (κ3) is 2.73. The second-order valence-electron chi connectivity index (χ2n) is 9.93. The molecule has 2 nitrogen and oxygen atoms in total. The van der Waals surface area contributed by atoms with Crippen LogP contribution in [0.4, 0.5) is 0 Å². The second kappa shape index (κ2) is 6.51. The lowest BCUT2D eigenvalue weighted by Gasteiger charge is -2.10. The van der Waals surface area contributed by atoms with E-state index < -0.39 is 8.07 Å². The summed E-state index contributed by atoms with van der Waals surface area (Å²) in [6.07, 6.45) is 2.14. The van der Waals surface area contributed by atoms with Crippen molar-refractivity contribution in [3.63, 3.8) is 0 Å². The lowest BCUT2D eigenvalue weighted by Crippen LogP contribution is -2.16. The number of hydrogen-bond donors (Lipinski definition) is 0. The highest BCUT2D eigenvalue weighted by Crippen LogP contribution is 2.37. The molecule has 4 aromatic carbocycles. The van der Waals surface area contributed by atoms with Crippen molar-refractivity contribution < 1.29 is 0 Å². The summed E-state index contributed by atoms with van der Waals surface area (Å²) in [6.45, 7) is 6.87. The number of aromatic nitrogens is 2. The molecule has 0 aliphatic carbocycles. The molecule has 0 aliphatic rings. The van der Waals surface area contributed by atoms with Crippen molar-refractivity contribution in [3.05, 3.63) is 72.6 Å². The number of benzene rings is 4. The average Bonchev–Trinajstić information content (AvgIpc) is 3.31. The first-order chi connectivity index (χ1) is 15.3. The molecule has 0 unspecified atom stereocenters. The Hall–Kier alpha value is -3.48. The van der Waals surface area contributed by atoms with Crippen molar-refractivity contribution >= 4 is 62.2 Å². The van der Waals surface area contributed by atoms with Crippen molar-refractivity contribution in [1.82, 2.24) is 9.13 Å². The molecule has 0 saturated heterocycles. The van der Waals surface area contributed by atoms with Gasteiger partial charge >= 0.3 is 0 Å². The summed E-state index contributed by atoms with van der Waals surface area (Å²) < 4.78 is 4.42. The Kier molecular flexibility index (Phi) is 3.91. The molecule has 2 aromatic heterocycles. The first kappa shape index (κ1) is 19.2. The Morgan fingerprint density at radius 2 is 1.09 bits per heavy atom. The van der Waals surface area contributed by atoms with Crippen molar-refractivity contribution in [1.29, 1.82) is 0 Å². The fourth-order valence-electron chi connectivity index (χ4n) is 4.99. The molecule has 6 rings (SSSR count). The summed E-state index contributed by atoms with van der Waals surface area (Å²) in [5, 5.41) is 10.5. The van der Waals surface area contributed by atoms with E-state index in [9.17, 15) is 0 Å². The van der Waals surface area contributed by atoms with Crippen molar-refractivity contribution in [2.24, 2.45) is 14.1 Å². The highest BCUT2D eigenvalue weighted by Gasteiger charge is 2.13. The van der Waals surface area contributed by atoms with Crippen LogP contribution in [-0.2, 0) is 14.1 Å². The van der Waals surface area contributed by atoms with Gasteiger partial charge in [-0.2, -0.15) is 0 Å². The Morgan fingerprint density at radius 3 is 1.69 bits per heavy atom. The van der Waals surface area contributed by atoms with Crippen LogP contribution in [0.1, 0.15) is 5.69 Å². The Bertz CT molecular complexity index is 1780. The van der Waals surface area contributed by atoms with Crippen molar-refractivity contribution in [2.45, 2.75) is 19.6 Å². The molecule has 0 atom stereocenters. The molecule has 0 radical (unpaired) electrons. The van der Waals surface area contributed by atoms with Gasteiger partial charge in [-0.05, 0) is 56.6 Å². The van der Waals surface area contributed by atoms with Crippen molar-refractivity contribution in [3.8, 4) is 11.5 Å². The van der Waals surface area contributed by atoms with Gasteiger partial charge in [-0.1, -0.05) is 62.0 Å². The van der Waals surface area contributed by atoms with E-state index in [0.29, 0.717) is 0 Å². The monoisotopic (exact) mass is 430 g/mol. The highest BCUT2D eigenvalue weighted by atomic mass is 28.3. The van der Waals surface area contributed by atoms with Gasteiger partial charge in [0.1, 0.15) is 8.07 Å². The lowest BCUT2D eigenvalue weighted by atomic mass is 9.94. The van der Waals surface area contributed by atoms with Crippen LogP contribution in [0.5, 0.6) is 0 Å². The van der Waals surface area contributed by atoms with Crippen LogP contribution in [0.15, 0.2) is 66.9 Å². The molecule has 0 bridgehead atoms. The van der Waals surface area contributed by atoms with E-state index in [2.05, 4.69) is 121 Å². The molecule has 0 spiro atoms. The van der Waals surface area contributed by atoms with Gasteiger partial charge in [0, 0.05) is 42.1 Å². The van der Waals surface area contributed by atoms with Gasteiger partial charge in [0.15, 0.2) is 0 Å². The molecule has 6 aromatic rings. The van der Waals surface area contributed by atoms with Gasteiger partial charge in [0.25, 0.3) is 0 Å². The van der Waals surface area contributed by atoms with E-state index in [1.165, 1.54) is 54.1 Å². The molecule has 0 amide bonds. The van der Waals surface area contributed by atoms with E-state index in [1.807, 2.05) is 0 Å². The van der Waals surface area contributed by atoms with E-state index >= 15 is 0 Å². The van der Waals surface area contributed by atoms with Gasteiger partial charge in [0.05, 0.1) is 5.69 Å². The lowest BCUT2D eigenvalue weighted by molar-refractivity contribution is 0.951. The van der Waals surface area contributed by atoms with Crippen LogP contribution in [-0.4, -0.2) is 17.2 Å². The SMILES string of the molecule is Cn1ccc2c3ccc4c(ccc5c4ccc4c5cc(C#C[Si](C)(C)C)n4C)c3ccc21. The Morgan fingerprint density at radius 1 is 0.594 bits per heavy atom. The van der Waals surface area contributed by atoms with Gasteiger partial charge in [-0.3, -0.25) is 0 Å². The number of aryl methyl sites for hydroxylation is 2. The molecular weight excluding hydrogens is 404 g/mol. The van der Waals surface area contributed by atoms with Gasteiger partial charge in [-0.25, -0.2) is 0 Å². The van der Waals surface area contributed by atoms with Crippen LogP contribution < -0.4 is 0 Å². The minimum atomic E-state index is -1.42. The normalized spacial score (nSPS) is 12.3. The minimum absolute atomic E-state index is 1.10. The van der Waals surface area contributed by atoms with Crippen LogP contribution in [0.3, 0.4) is 0 Å². The maximum Gasteiger partial charge on any atom is 0.129 e. The fraction of sp³-hybridized carbons (Fsp3) is 0.172. The summed E-state index contributed by atoms with van der Waals surface area (Å²) in [5.41, 5.74) is 7.13. The Labute approximate surface area is 189 Å². The quantitative estimate of drug-likeness (QED) is 0.135. The topological polar surface area (TPSA) is 9.86 Å². The summed E-state index contributed by atoms with van der Waals surface area (Å²) in [5.74, 6) is 3.46. The largest absolute Gasteiger partial charge is 0.351 e. The molecule has 0 saturated carbocycles. The number of nitrogens with zero attached hydrogens (tertiary/aromatic N) is 2. The molecular formula is C29H26N2Si. The van der Waals surface area contributed by atoms with E-state index in [1.54, 1.807) is 0 Å². The molecule has 32 heavy (non-hydrogen) atoms. The minimum Gasteiger partial charge on any atom is -0.351 e. The first-order valence-electron chi connectivity index (χ1n) is 11.2. The van der Waals surface area contributed by atoms with E-state index in [-0.39, 0.29) is 0 Å². The predicted octanol–water partition coefficient (Wildman–Crippen LogP) is 7.36. The number of hydrogen-bond acceptors (Lipinski definition) is 0. The summed E-state index contributed by atoms with van der Waals surface area (Å²) >= 11 is 0. The van der Waals surface area contributed by atoms with Crippen LogP contribution in [0.2, 0.25) is 19.6 Å². The first-order valence-corrected chi connectivity index (χ1v) is 14.7. The van der Waals surface area contributed by atoms with Crippen LogP contribution in [0.25, 0.3) is 54.1 Å². The van der Waals surface area contributed by atoms with Crippen LogP contribution >= 0.6 is 0 Å². The van der Waals surface area contributed by atoms with E-state index in [4.69, 9.17) is 0 Å². The molecule has 0 N–H and O–H groups in total. The summed E-state index contributed by atoms with van der Waals surface area (Å²) in [6, 6.07) is 22.7. The van der Waals surface area contributed by atoms with Gasteiger partial charge in [-0.15, -0.1) is 5.54 Å². The summed E-state index contributed by atoms with van der Waals surface area (Å²) in [4.78, 5) is 0. The number of fused-ring (bicyclic) bond motifs is 9. The standard InChI is InChI=1S/C29H26N2Si/c1-30-16-14-26-24-8-6-21-20(22(24)10-12-28(26)30)7-9-25-23(21)11-13-29-27(25)18-19(31(29)2)15-17-32(3,4)5/h6-14,16,18H,1-5H3. The zero-order chi connectivity index (χ0) is 22.2. The van der Waals surface area contributed by atoms with Gasteiger partial charge in [0.2, 0.25) is 0 Å². The zero-order valence-electron chi connectivity index (χ0n) is 19.2. The molecule has 0 aliphatic heterocycles. The predicted molar refractivity (Wildman–Crippen MR) is 142 cm³/mol. The van der Waals surface area contributed by atoms with E-state index in [0.717, 1.165) is 5.69 Å². The maximum absolute atomic E-state index is 3.52. The molecule has 156 valence electrons. The molecule has 0 fully saturated rings. The molecule has 3 heteroatoms. The Balaban J connectivity index is 1.66. The highest BCUT2D eigenvalue weighted by molar-refractivity contribution is 6.83. The number of rotatable bonds is 0. The van der Waals surface area contributed by atoms with Gasteiger partial charge < -0.3 is 9.13 Å². The van der Waals surface area contributed by atoms with Crippen LogP contribution in [0, 0.1) is 11.5 Å². The van der Waals surface area contributed by atoms with Crippen molar-refractivity contribution in [2.75, 3.05) is 0 Å². The third-order valence-corrected chi connectivity index (χ3v) is 7.52. The molecule has 2 heterocycles. The summed E-state index contributed by atoms with van der Waals surface area (Å²) in [7, 11) is 2.81. The second-order valence-corrected chi connectivity index (χ2v) is 14.7. The smallest absolute Gasteiger partial charge is 0.129 e. The zero-order valence-corrected chi connectivity index (χ0v) is 20.2. The third-order valence-electron chi connectivity index (χ3n) is 6.65. The maximum atomic E-state index is 3.52. The average molecular weight is 431 g/mol. The fourth-order valence-corrected chi connectivity index (χ4v) is 5.49.